The van der Waals surface area contributed by atoms with Crippen molar-refractivity contribution in [2.75, 3.05) is 9.80 Å². The number of hydrogen-bond acceptors (Lipinski definition) is 6. The smallest absolute Gasteiger partial charge is 0.227 e. The minimum absolute atomic E-state index is 0.510. The van der Waals surface area contributed by atoms with Gasteiger partial charge in [-0.15, -0.1) is 0 Å². The Hall–Kier alpha value is -8.35. The summed E-state index contributed by atoms with van der Waals surface area (Å²) in [6.45, 7) is 0.562. The highest BCUT2D eigenvalue weighted by Crippen LogP contribution is 2.45. The van der Waals surface area contributed by atoms with E-state index in [4.69, 9.17) is 18.2 Å². The molecule has 3 aromatic heterocycles. The van der Waals surface area contributed by atoms with Gasteiger partial charge in [0.15, 0.2) is 5.58 Å². The van der Waals surface area contributed by atoms with Gasteiger partial charge >= 0.3 is 0 Å². The average Bonchev–Trinajstić information content (AvgIpc) is 4.05. The summed E-state index contributed by atoms with van der Waals surface area (Å²) in [5, 5.41) is 4.25. The number of anilines is 5. The van der Waals surface area contributed by atoms with Gasteiger partial charge in [0, 0.05) is 50.7 Å². The summed E-state index contributed by atoms with van der Waals surface area (Å²) in [4.78, 5) is 9.93. The molecule has 0 spiro atoms. The van der Waals surface area contributed by atoms with Crippen molar-refractivity contribution in [3.8, 4) is 22.6 Å². The molecule has 0 unspecified atom stereocenters. The Balaban J connectivity index is 1.10. The number of aromatic nitrogens is 1. The summed E-state index contributed by atoms with van der Waals surface area (Å²) in [5.41, 5.74) is 13.9. The third kappa shape index (κ3) is 6.16. The van der Waals surface area contributed by atoms with Crippen molar-refractivity contribution in [3.63, 3.8) is 0 Å². The number of fused-ring (bicyclic) bond motifs is 7. The van der Waals surface area contributed by atoms with Gasteiger partial charge in [-0.1, -0.05) is 127 Å². The van der Waals surface area contributed by atoms with Crippen LogP contribution in [0.15, 0.2) is 226 Å². The zero-order valence-electron chi connectivity index (χ0n) is 33.5. The fourth-order valence-electron chi connectivity index (χ4n) is 8.84. The summed E-state index contributed by atoms with van der Waals surface area (Å²) in [6.07, 6.45) is 0. The molecule has 12 rings (SSSR count). The van der Waals surface area contributed by atoms with Gasteiger partial charge in [0.25, 0.3) is 0 Å². The molecule has 0 aliphatic heterocycles. The zero-order valence-corrected chi connectivity index (χ0v) is 33.5. The van der Waals surface area contributed by atoms with Gasteiger partial charge in [-0.05, 0) is 102 Å². The van der Waals surface area contributed by atoms with E-state index >= 15 is 0 Å². The van der Waals surface area contributed by atoms with Crippen molar-refractivity contribution >= 4 is 83.4 Å². The molecule has 6 nitrogen and oxygen atoms in total. The van der Waals surface area contributed by atoms with Crippen molar-refractivity contribution in [2.45, 2.75) is 6.54 Å². The SMILES string of the molecule is c1ccc(-c2ccccc2CN(c2ccccc2)c2cc(N(c3ccccc3)c3ccc4oc5ccccc5c4c3)cc3nc(-c4ccc5c(c4)oc4ccccc45)oc23)cc1. The van der Waals surface area contributed by atoms with Gasteiger partial charge in [0.1, 0.15) is 27.8 Å². The molecule has 12 aromatic rings. The van der Waals surface area contributed by atoms with Crippen molar-refractivity contribution in [2.24, 2.45) is 0 Å². The van der Waals surface area contributed by atoms with Crippen LogP contribution in [-0.4, -0.2) is 4.98 Å². The summed E-state index contributed by atoms with van der Waals surface area (Å²) in [7, 11) is 0. The number of nitrogens with zero attached hydrogens (tertiary/aromatic N) is 3. The van der Waals surface area contributed by atoms with E-state index in [-0.39, 0.29) is 0 Å². The van der Waals surface area contributed by atoms with Crippen molar-refractivity contribution < 1.29 is 13.3 Å². The Kier molecular flexibility index (Phi) is 8.45. The van der Waals surface area contributed by atoms with Crippen LogP contribution in [0.5, 0.6) is 0 Å². The molecule has 294 valence electrons. The summed E-state index contributed by atoms with van der Waals surface area (Å²) >= 11 is 0. The lowest BCUT2D eigenvalue weighted by Crippen LogP contribution is -2.18. The van der Waals surface area contributed by atoms with Crippen LogP contribution in [0.25, 0.3) is 77.6 Å². The second-order valence-corrected chi connectivity index (χ2v) is 15.5. The molecule has 62 heavy (non-hydrogen) atoms. The van der Waals surface area contributed by atoms with E-state index in [9.17, 15) is 0 Å². The number of benzene rings is 9. The molecule has 0 aliphatic rings. The molecule has 6 heteroatoms. The van der Waals surface area contributed by atoms with E-state index < -0.39 is 0 Å². The Labute approximate surface area is 357 Å². The first-order valence-electron chi connectivity index (χ1n) is 20.8. The van der Waals surface area contributed by atoms with Crippen LogP contribution in [-0.2, 0) is 6.54 Å². The molecule has 9 aromatic carbocycles. The molecule has 0 aliphatic carbocycles. The van der Waals surface area contributed by atoms with E-state index in [1.54, 1.807) is 0 Å². The molecule has 0 amide bonds. The van der Waals surface area contributed by atoms with Crippen LogP contribution >= 0.6 is 0 Å². The first kappa shape index (κ1) is 35.6. The second kappa shape index (κ2) is 14.7. The Morgan fingerprint density at radius 2 is 1.00 bits per heavy atom. The second-order valence-electron chi connectivity index (χ2n) is 15.5. The first-order valence-corrected chi connectivity index (χ1v) is 20.8. The van der Waals surface area contributed by atoms with Crippen molar-refractivity contribution in [1.82, 2.24) is 4.98 Å². The molecule has 0 N–H and O–H groups in total. The van der Waals surface area contributed by atoms with Gasteiger partial charge in [-0.3, -0.25) is 0 Å². The van der Waals surface area contributed by atoms with E-state index in [0.29, 0.717) is 18.0 Å². The lowest BCUT2D eigenvalue weighted by atomic mass is 9.99. The van der Waals surface area contributed by atoms with E-state index in [1.165, 1.54) is 11.1 Å². The molecule has 0 radical (unpaired) electrons. The van der Waals surface area contributed by atoms with E-state index in [1.807, 2.05) is 42.5 Å². The first-order chi connectivity index (χ1) is 30.7. The number of oxazole rings is 1. The zero-order chi connectivity index (χ0) is 41.0. The maximum Gasteiger partial charge on any atom is 0.227 e. The molecule has 0 atom stereocenters. The highest BCUT2D eigenvalue weighted by atomic mass is 16.4. The minimum atomic E-state index is 0.510. The Morgan fingerprint density at radius 3 is 1.77 bits per heavy atom. The van der Waals surface area contributed by atoms with Crippen LogP contribution in [0.2, 0.25) is 0 Å². The Morgan fingerprint density at radius 1 is 0.387 bits per heavy atom. The number of para-hydroxylation sites is 4. The summed E-state index contributed by atoms with van der Waals surface area (Å²) < 4.78 is 19.6. The number of furan rings is 2. The molecule has 0 saturated carbocycles. The summed E-state index contributed by atoms with van der Waals surface area (Å²) in [6, 6.07) is 73.6. The van der Waals surface area contributed by atoms with Crippen LogP contribution in [0.3, 0.4) is 0 Å². The van der Waals surface area contributed by atoms with Crippen LogP contribution in [0, 0.1) is 0 Å². The highest BCUT2D eigenvalue weighted by Gasteiger charge is 2.25. The van der Waals surface area contributed by atoms with Gasteiger partial charge in [-0.25, -0.2) is 4.98 Å². The fraction of sp³-hybridized carbons (Fsp3) is 0.0179. The Bertz CT molecular complexity index is 3570. The summed E-state index contributed by atoms with van der Waals surface area (Å²) in [5.74, 6) is 0.510. The normalized spacial score (nSPS) is 11.6. The fourth-order valence-corrected chi connectivity index (χ4v) is 8.84. The van der Waals surface area contributed by atoms with Crippen LogP contribution in [0.4, 0.5) is 28.4 Å². The highest BCUT2D eigenvalue weighted by molar-refractivity contribution is 6.08. The molecule has 3 heterocycles. The molecule has 0 fully saturated rings. The third-order valence-electron chi connectivity index (χ3n) is 11.8. The lowest BCUT2D eigenvalue weighted by molar-refractivity contribution is 0.618. The van der Waals surface area contributed by atoms with Crippen molar-refractivity contribution in [3.05, 3.63) is 218 Å². The van der Waals surface area contributed by atoms with E-state index in [0.717, 1.165) is 89.0 Å². The monoisotopic (exact) mass is 799 g/mol. The molecular formula is C56H37N3O3. The van der Waals surface area contributed by atoms with Gasteiger partial charge in [0.05, 0.1) is 11.4 Å². The quantitative estimate of drug-likeness (QED) is 0.145. The predicted octanol–water partition coefficient (Wildman–Crippen LogP) is 15.8. The molecule has 0 bridgehead atoms. The van der Waals surface area contributed by atoms with Gasteiger partial charge in [-0.2, -0.15) is 0 Å². The maximum absolute atomic E-state index is 6.98. The molecular weight excluding hydrogens is 763 g/mol. The number of rotatable bonds is 9. The van der Waals surface area contributed by atoms with E-state index in [2.05, 4.69) is 180 Å². The predicted molar refractivity (Wildman–Crippen MR) is 253 cm³/mol. The van der Waals surface area contributed by atoms with Gasteiger partial charge in [0.2, 0.25) is 5.89 Å². The minimum Gasteiger partial charge on any atom is -0.456 e. The molecule has 0 saturated heterocycles. The lowest BCUT2D eigenvalue weighted by Gasteiger charge is -2.30. The van der Waals surface area contributed by atoms with Gasteiger partial charge < -0.3 is 23.1 Å². The maximum atomic E-state index is 6.98. The average molecular weight is 800 g/mol. The van der Waals surface area contributed by atoms with Crippen LogP contribution in [0.1, 0.15) is 5.56 Å². The standard InChI is InChI=1S/C56H37N3O3/c1-4-16-37(17-5-1)44-23-11-10-18-39(44)36-58(40-19-6-2-7-20-40)50-35-43(34-49-55(50)62-56(57-49)38-28-30-47-45-24-12-14-26-51(45)61-54(47)32-38)59(41-21-8-3-9-22-41)42-29-31-53-48(33-42)46-25-13-15-27-52(46)60-53/h1-35H,36H2. The number of hydrogen-bond donors (Lipinski definition) is 0. The van der Waals surface area contributed by atoms with Crippen molar-refractivity contribution in [1.29, 1.82) is 0 Å². The topological polar surface area (TPSA) is 58.8 Å². The van der Waals surface area contributed by atoms with Crippen LogP contribution < -0.4 is 9.80 Å². The largest absolute Gasteiger partial charge is 0.456 e. The third-order valence-corrected chi connectivity index (χ3v) is 11.8.